The van der Waals surface area contributed by atoms with Gasteiger partial charge in [-0.1, -0.05) is 30.4 Å². The molecule has 1 aromatic rings. The fourth-order valence-corrected chi connectivity index (χ4v) is 2.23. The average molecular weight is 293 g/mol. The smallest absolute Gasteiger partial charge is 0.252 e. The van der Waals surface area contributed by atoms with Crippen molar-refractivity contribution in [3.63, 3.8) is 0 Å². The molecule has 1 unspecified atom stereocenters. The maximum atomic E-state index is 12.1. The number of nitrogens with one attached hydrogen (secondary N) is 1. The highest BCUT2D eigenvalue weighted by molar-refractivity contribution is 7.84. The van der Waals surface area contributed by atoms with E-state index in [-0.39, 0.29) is 12.5 Å². The van der Waals surface area contributed by atoms with E-state index in [4.69, 9.17) is 5.11 Å². The Balaban J connectivity index is 2.80. The van der Waals surface area contributed by atoms with Crippen LogP contribution >= 0.6 is 0 Å². The molecule has 0 aliphatic rings. The minimum atomic E-state index is -0.890. The Kier molecular flexibility index (Phi) is 6.99. The van der Waals surface area contributed by atoms with Gasteiger partial charge in [0, 0.05) is 34.4 Å². The standard InChI is InChI=1S/C15H19NO3S/c1-3-20(19)10-8-16-15(18)14-11-12(2)6-7-13(14)5-4-9-17/h6-7,11,17H,3,8-10H2,1-2H3,(H,16,18). The number of rotatable bonds is 5. The molecule has 0 spiro atoms. The van der Waals surface area contributed by atoms with Crippen LogP contribution in [0.15, 0.2) is 18.2 Å². The van der Waals surface area contributed by atoms with Crippen LogP contribution in [-0.2, 0) is 10.8 Å². The first-order chi connectivity index (χ1) is 9.58. The Morgan fingerprint density at radius 2 is 2.20 bits per heavy atom. The lowest BCUT2D eigenvalue weighted by molar-refractivity contribution is 0.0956. The van der Waals surface area contributed by atoms with Gasteiger partial charge in [-0.15, -0.1) is 0 Å². The Morgan fingerprint density at radius 3 is 2.85 bits per heavy atom. The molecule has 20 heavy (non-hydrogen) atoms. The van der Waals surface area contributed by atoms with Gasteiger partial charge in [-0.05, 0) is 19.1 Å². The summed E-state index contributed by atoms with van der Waals surface area (Å²) in [6.45, 7) is 3.87. The summed E-state index contributed by atoms with van der Waals surface area (Å²) in [5, 5.41) is 11.5. The van der Waals surface area contributed by atoms with Crippen LogP contribution < -0.4 is 5.32 Å². The van der Waals surface area contributed by atoms with Gasteiger partial charge in [0.05, 0.1) is 5.56 Å². The number of aliphatic hydroxyl groups excluding tert-OH is 1. The van der Waals surface area contributed by atoms with Crippen molar-refractivity contribution in [2.24, 2.45) is 0 Å². The first kappa shape index (κ1) is 16.4. The van der Waals surface area contributed by atoms with Gasteiger partial charge in [0.1, 0.15) is 6.61 Å². The molecular weight excluding hydrogens is 274 g/mol. The van der Waals surface area contributed by atoms with E-state index in [0.717, 1.165) is 5.56 Å². The summed E-state index contributed by atoms with van der Waals surface area (Å²) >= 11 is 0. The summed E-state index contributed by atoms with van der Waals surface area (Å²) in [5.74, 6) is 6.11. The first-order valence-electron chi connectivity index (χ1n) is 6.42. The number of aryl methyl sites for hydroxylation is 1. The van der Waals surface area contributed by atoms with Gasteiger partial charge in [0.2, 0.25) is 0 Å². The van der Waals surface area contributed by atoms with E-state index in [0.29, 0.717) is 29.2 Å². The monoisotopic (exact) mass is 293 g/mol. The zero-order valence-electron chi connectivity index (χ0n) is 11.7. The molecule has 108 valence electrons. The van der Waals surface area contributed by atoms with Gasteiger partial charge in [0.15, 0.2) is 0 Å². The van der Waals surface area contributed by atoms with Crippen LogP contribution in [0.5, 0.6) is 0 Å². The van der Waals surface area contributed by atoms with Gasteiger partial charge in [-0.2, -0.15) is 0 Å². The van der Waals surface area contributed by atoms with Crippen LogP contribution in [0.4, 0.5) is 0 Å². The lowest BCUT2D eigenvalue weighted by atomic mass is 10.0. The third-order valence-electron chi connectivity index (χ3n) is 2.66. The zero-order valence-corrected chi connectivity index (χ0v) is 12.5. The fraction of sp³-hybridized carbons (Fsp3) is 0.400. The first-order valence-corrected chi connectivity index (χ1v) is 7.90. The third kappa shape index (κ3) is 5.16. The summed E-state index contributed by atoms with van der Waals surface area (Å²) in [5.41, 5.74) is 2.02. The molecule has 0 heterocycles. The van der Waals surface area contributed by atoms with Crippen molar-refractivity contribution in [1.29, 1.82) is 0 Å². The van der Waals surface area contributed by atoms with Crippen molar-refractivity contribution in [3.05, 3.63) is 34.9 Å². The molecule has 0 aliphatic heterocycles. The van der Waals surface area contributed by atoms with Gasteiger partial charge in [-0.25, -0.2) is 0 Å². The minimum absolute atomic E-state index is 0.232. The second-order valence-corrected chi connectivity index (χ2v) is 6.06. The molecule has 0 aliphatic carbocycles. The van der Waals surface area contributed by atoms with Crippen LogP contribution in [0, 0.1) is 18.8 Å². The zero-order chi connectivity index (χ0) is 15.0. The SMILES string of the molecule is CCS(=O)CCNC(=O)c1cc(C)ccc1C#CCO. The number of aliphatic hydroxyl groups is 1. The highest BCUT2D eigenvalue weighted by Crippen LogP contribution is 2.10. The Hall–Kier alpha value is -1.64. The molecule has 0 radical (unpaired) electrons. The van der Waals surface area contributed by atoms with E-state index >= 15 is 0 Å². The Morgan fingerprint density at radius 1 is 1.45 bits per heavy atom. The van der Waals surface area contributed by atoms with Crippen molar-refractivity contribution in [2.75, 3.05) is 24.7 Å². The van der Waals surface area contributed by atoms with Gasteiger partial charge < -0.3 is 10.4 Å². The molecule has 1 aromatic carbocycles. The van der Waals surface area contributed by atoms with Crippen LogP contribution in [0.3, 0.4) is 0 Å². The summed E-state index contributed by atoms with van der Waals surface area (Å²) in [6, 6.07) is 5.38. The maximum absolute atomic E-state index is 12.1. The number of carbonyl (C=O) groups excluding carboxylic acids is 1. The van der Waals surface area contributed by atoms with E-state index in [1.54, 1.807) is 12.1 Å². The third-order valence-corrected chi connectivity index (χ3v) is 3.96. The highest BCUT2D eigenvalue weighted by atomic mass is 32.2. The van der Waals surface area contributed by atoms with E-state index in [1.165, 1.54) is 0 Å². The molecule has 4 nitrogen and oxygen atoms in total. The van der Waals surface area contributed by atoms with Crippen molar-refractivity contribution >= 4 is 16.7 Å². The second kappa shape index (κ2) is 8.51. The lowest BCUT2D eigenvalue weighted by Gasteiger charge is -2.07. The largest absolute Gasteiger partial charge is 0.384 e. The second-order valence-electron chi connectivity index (χ2n) is 4.20. The Bertz CT molecular complexity index is 558. The number of benzene rings is 1. The van der Waals surface area contributed by atoms with Crippen molar-refractivity contribution in [1.82, 2.24) is 5.32 Å². The molecule has 2 N–H and O–H groups in total. The van der Waals surface area contributed by atoms with Crippen molar-refractivity contribution < 1.29 is 14.1 Å². The van der Waals surface area contributed by atoms with Crippen LogP contribution in [0.1, 0.15) is 28.4 Å². The molecule has 0 bridgehead atoms. The normalized spacial score (nSPS) is 11.3. The van der Waals surface area contributed by atoms with Crippen LogP contribution in [-0.4, -0.2) is 39.9 Å². The average Bonchev–Trinajstić information content (AvgIpc) is 2.45. The molecule has 5 heteroatoms. The highest BCUT2D eigenvalue weighted by Gasteiger charge is 2.10. The van der Waals surface area contributed by atoms with E-state index in [1.807, 2.05) is 19.9 Å². The molecule has 1 amide bonds. The molecular formula is C15H19NO3S. The number of hydrogen-bond acceptors (Lipinski definition) is 3. The molecule has 0 saturated heterocycles. The molecule has 0 aromatic heterocycles. The predicted octanol–water partition coefficient (Wildman–Crippen LogP) is 0.837. The van der Waals surface area contributed by atoms with Crippen molar-refractivity contribution in [2.45, 2.75) is 13.8 Å². The summed E-state index contributed by atoms with van der Waals surface area (Å²) in [4.78, 5) is 12.1. The van der Waals surface area contributed by atoms with E-state index in [9.17, 15) is 9.00 Å². The van der Waals surface area contributed by atoms with E-state index < -0.39 is 10.8 Å². The van der Waals surface area contributed by atoms with Crippen LogP contribution in [0.25, 0.3) is 0 Å². The summed E-state index contributed by atoms with van der Waals surface area (Å²) < 4.78 is 11.3. The fourth-order valence-electron chi connectivity index (χ4n) is 1.61. The topological polar surface area (TPSA) is 66.4 Å². The number of hydrogen-bond donors (Lipinski definition) is 2. The number of carbonyl (C=O) groups is 1. The Labute approximate surface area is 122 Å². The van der Waals surface area contributed by atoms with Gasteiger partial charge in [-0.3, -0.25) is 9.00 Å². The van der Waals surface area contributed by atoms with E-state index in [2.05, 4.69) is 17.2 Å². The molecule has 1 rings (SSSR count). The van der Waals surface area contributed by atoms with Crippen molar-refractivity contribution in [3.8, 4) is 11.8 Å². The number of amides is 1. The lowest BCUT2D eigenvalue weighted by Crippen LogP contribution is -2.28. The molecule has 0 fully saturated rings. The summed E-state index contributed by atoms with van der Waals surface area (Å²) in [6.07, 6.45) is 0. The van der Waals surface area contributed by atoms with Gasteiger partial charge in [0.25, 0.3) is 5.91 Å². The maximum Gasteiger partial charge on any atom is 0.252 e. The van der Waals surface area contributed by atoms with Crippen LogP contribution in [0.2, 0.25) is 0 Å². The van der Waals surface area contributed by atoms with Gasteiger partial charge >= 0.3 is 0 Å². The molecule has 1 atom stereocenters. The quantitative estimate of drug-likeness (QED) is 0.791. The molecule has 0 saturated carbocycles. The summed E-state index contributed by atoms with van der Waals surface area (Å²) in [7, 11) is -0.890. The predicted molar refractivity (Wildman–Crippen MR) is 81.0 cm³/mol. The minimum Gasteiger partial charge on any atom is -0.384 e.